The van der Waals surface area contributed by atoms with Crippen LogP contribution in [0.25, 0.3) is 0 Å². The molecule has 5 nitrogen and oxygen atoms in total. The van der Waals surface area contributed by atoms with Crippen molar-refractivity contribution >= 4 is 11.8 Å². The Labute approximate surface area is 176 Å². The molecule has 152 valence electrons. The quantitative estimate of drug-likeness (QED) is 0.604. The first kappa shape index (κ1) is 19.9. The van der Waals surface area contributed by atoms with Gasteiger partial charge in [0.2, 0.25) is 0 Å². The van der Waals surface area contributed by atoms with Crippen molar-refractivity contribution in [2.45, 2.75) is 25.6 Å². The molecule has 0 aliphatic carbocycles. The lowest BCUT2D eigenvalue weighted by Gasteiger charge is -2.32. The molecular formula is C25H24N2O3. The number of rotatable bonds is 7. The Morgan fingerprint density at radius 2 is 1.40 bits per heavy atom. The number of nitrogens with zero attached hydrogens (tertiary/aromatic N) is 1. The Kier molecular flexibility index (Phi) is 5.63. The van der Waals surface area contributed by atoms with Crippen LogP contribution in [0.3, 0.4) is 0 Å². The minimum atomic E-state index is -0.437. The van der Waals surface area contributed by atoms with E-state index in [0.717, 1.165) is 16.9 Å². The largest absolute Gasteiger partial charge is 0.496 e. The summed E-state index contributed by atoms with van der Waals surface area (Å²) in [6.45, 7) is 2.55. The molecule has 0 aromatic heterocycles. The Bertz CT molecular complexity index is 1030. The number of hydrogen-bond acceptors (Lipinski definition) is 4. The van der Waals surface area contributed by atoms with Crippen LogP contribution in [0, 0.1) is 0 Å². The summed E-state index contributed by atoms with van der Waals surface area (Å²) in [5.41, 5.74) is 2.84. The van der Waals surface area contributed by atoms with Gasteiger partial charge < -0.3 is 10.1 Å². The van der Waals surface area contributed by atoms with Gasteiger partial charge in [0.1, 0.15) is 5.75 Å². The van der Waals surface area contributed by atoms with Crippen molar-refractivity contribution in [2.24, 2.45) is 0 Å². The van der Waals surface area contributed by atoms with Gasteiger partial charge in [-0.25, -0.2) is 0 Å². The zero-order chi connectivity index (χ0) is 21.1. The highest BCUT2D eigenvalue weighted by molar-refractivity contribution is 6.21. The van der Waals surface area contributed by atoms with Gasteiger partial charge >= 0.3 is 0 Å². The number of ether oxygens (including phenoxy) is 1. The lowest BCUT2D eigenvalue weighted by Crippen LogP contribution is -2.44. The number of fused-ring (bicyclic) bond motifs is 1. The highest BCUT2D eigenvalue weighted by Crippen LogP contribution is 2.33. The van der Waals surface area contributed by atoms with Crippen LogP contribution in [0.1, 0.15) is 44.8 Å². The first-order valence-corrected chi connectivity index (χ1v) is 9.99. The highest BCUT2D eigenvalue weighted by atomic mass is 16.5. The fourth-order valence-corrected chi connectivity index (χ4v) is 4.00. The number of benzene rings is 3. The Morgan fingerprint density at radius 3 is 2.03 bits per heavy atom. The summed E-state index contributed by atoms with van der Waals surface area (Å²) in [4.78, 5) is 27.7. The van der Waals surface area contributed by atoms with E-state index in [1.165, 1.54) is 4.90 Å². The number of imide groups is 1. The smallest absolute Gasteiger partial charge is 0.262 e. The van der Waals surface area contributed by atoms with Crippen molar-refractivity contribution in [1.29, 1.82) is 0 Å². The van der Waals surface area contributed by atoms with Crippen LogP contribution in [0.15, 0.2) is 78.9 Å². The molecule has 5 heteroatoms. The van der Waals surface area contributed by atoms with Crippen LogP contribution in [0.2, 0.25) is 0 Å². The topological polar surface area (TPSA) is 58.6 Å². The van der Waals surface area contributed by atoms with E-state index in [-0.39, 0.29) is 17.9 Å². The van der Waals surface area contributed by atoms with Crippen LogP contribution in [-0.2, 0) is 6.54 Å². The molecule has 2 unspecified atom stereocenters. The van der Waals surface area contributed by atoms with Crippen LogP contribution < -0.4 is 10.1 Å². The molecule has 0 radical (unpaired) electrons. The normalized spacial score (nSPS) is 15.1. The second-order valence-electron chi connectivity index (χ2n) is 7.36. The maximum absolute atomic E-state index is 13.2. The number of methoxy groups -OCH3 is 1. The van der Waals surface area contributed by atoms with Gasteiger partial charge in [0.25, 0.3) is 11.8 Å². The molecule has 0 saturated heterocycles. The Balaban J connectivity index is 1.64. The van der Waals surface area contributed by atoms with Crippen LogP contribution in [0.5, 0.6) is 5.75 Å². The molecule has 2 amide bonds. The second-order valence-corrected chi connectivity index (χ2v) is 7.36. The molecule has 0 bridgehead atoms. The number of carbonyl (C=O) groups excluding carboxylic acids is 2. The van der Waals surface area contributed by atoms with E-state index >= 15 is 0 Å². The molecule has 30 heavy (non-hydrogen) atoms. The lowest BCUT2D eigenvalue weighted by atomic mass is 9.98. The van der Waals surface area contributed by atoms with E-state index < -0.39 is 6.04 Å². The summed E-state index contributed by atoms with van der Waals surface area (Å²) in [5.74, 6) is 0.292. The number of carbonyl (C=O) groups is 2. The van der Waals surface area contributed by atoms with E-state index in [2.05, 4.69) is 5.32 Å². The molecule has 3 aromatic carbocycles. The van der Waals surface area contributed by atoms with Crippen molar-refractivity contribution in [3.63, 3.8) is 0 Å². The minimum absolute atomic E-state index is 0.181. The molecule has 0 fully saturated rings. The fraction of sp³-hybridized carbons (Fsp3) is 0.200. The Hall–Kier alpha value is -3.44. The van der Waals surface area contributed by atoms with Gasteiger partial charge in [-0.15, -0.1) is 0 Å². The lowest BCUT2D eigenvalue weighted by molar-refractivity contribution is 0.0549. The number of amides is 2. The molecule has 1 N–H and O–H groups in total. The van der Waals surface area contributed by atoms with Crippen LogP contribution >= 0.6 is 0 Å². The molecule has 4 rings (SSSR count). The van der Waals surface area contributed by atoms with Crippen molar-refractivity contribution in [3.05, 3.63) is 101 Å². The average molecular weight is 400 g/mol. The summed E-state index contributed by atoms with van der Waals surface area (Å²) >= 11 is 0. The first-order valence-electron chi connectivity index (χ1n) is 9.99. The van der Waals surface area contributed by atoms with Gasteiger partial charge in [0, 0.05) is 18.2 Å². The average Bonchev–Trinajstić information content (AvgIpc) is 3.04. The van der Waals surface area contributed by atoms with E-state index in [1.54, 1.807) is 31.4 Å². The van der Waals surface area contributed by atoms with Crippen molar-refractivity contribution < 1.29 is 14.3 Å². The van der Waals surface area contributed by atoms with Crippen molar-refractivity contribution in [1.82, 2.24) is 10.2 Å². The fourth-order valence-electron chi connectivity index (χ4n) is 4.00. The standard InChI is InChI=1S/C25H24N2O3/c1-17(26-16-19-12-6-9-15-22(19)30-2)23(18-10-4-3-5-11-18)27-24(28)20-13-7-8-14-21(20)25(27)29/h3-15,17,23,26H,16H2,1-2H3. The molecule has 0 spiro atoms. The third kappa shape index (κ3) is 3.60. The minimum Gasteiger partial charge on any atom is -0.496 e. The molecule has 1 aliphatic rings. The predicted molar refractivity (Wildman–Crippen MR) is 115 cm³/mol. The zero-order valence-electron chi connectivity index (χ0n) is 17.0. The van der Waals surface area contributed by atoms with Crippen molar-refractivity contribution in [3.8, 4) is 5.75 Å². The summed E-state index contributed by atoms with van der Waals surface area (Å²) < 4.78 is 5.44. The van der Waals surface area contributed by atoms with Crippen LogP contribution in [0.4, 0.5) is 0 Å². The van der Waals surface area contributed by atoms with Gasteiger partial charge in [-0.2, -0.15) is 0 Å². The summed E-state index contributed by atoms with van der Waals surface area (Å²) in [6, 6.07) is 23.9. The third-order valence-corrected chi connectivity index (χ3v) is 5.53. The van der Waals surface area contributed by atoms with Gasteiger partial charge in [-0.3, -0.25) is 14.5 Å². The molecule has 0 saturated carbocycles. The summed E-state index contributed by atoms with van der Waals surface area (Å²) in [7, 11) is 1.65. The van der Waals surface area contributed by atoms with Gasteiger partial charge in [0.05, 0.1) is 24.3 Å². The van der Waals surface area contributed by atoms with E-state index in [0.29, 0.717) is 17.7 Å². The Morgan fingerprint density at radius 1 is 0.833 bits per heavy atom. The maximum Gasteiger partial charge on any atom is 0.262 e. The molecule has 1 aliphatic heterocycles. The SMILES string of the molecule is COc1ccccc1CNC(C)C(c1ccccc1)N1C(=O)c2ccccc2C1=O. The molecular weight excluding hydrogens is 376 g/mol. The second kappa shape index (κ2) is 8.51. The van der Waals surface area contributed by atoms with Gasteiger partial charge in [-0.05, 0) is 30.7 Å². The van der Waals surface area contributed by atoms with E-state index in [1.807, 2.05) is 61.5 Å². The predicted octanol–water partition coefficient (Wildman–Crippen LogP) is 4.21. The molecule has 1 heterocycles. The summed E-state index contributed by atoms with van der Waals surface area (Å²) in [6.07, 6.45) is 0. The third-order valence-electron chi connectivity index (χ3n) is 5.53. The molecule has 2 atom stereocenters. The van der Waals surface area contributed by atoms with Gasteiger partial charge in [-0.1, -0.05) is 60.7 Å². The number of hydrogen-bond donors (Lipinski definition) is 1. The van der Waals surface area contributed by atoms with Crippen molar-refractivity contribution in [2.75, 3.05) is 7.11 Å². The zero-order valence-corrected chi connectivity index (χ0v) is 17.0. The maximum atomic E-state index is 13.2. The highest BCUT2D eigenvalue weighted by Gasteiger charge is 2.42. The van der Waals surface area contributed by atoms with Gasteiger partial charge in [0.15, 0.2) is 0 Å². The summed E-state index contributed by atoms with van der Waals surface area (Å²) in [5, 5.41) is 3.49. The monoisotopic (exact) mass is 400 g/mol. The van der Waals surface area contributed by atoms with E-state index in [4.69, 9.17) is 4.74 Å². The molecule has 3 aromatic rings. The first-order chi connectivity index (χ1) is 14.6. The number of nitrogens with one attached hydrogen (secondary N) is 1. The van der Waals surface area contributed by atoms with Crippen LogP contribution in [-0.4, -0.2) is 29.9 Å². The van der Waals surface area contributed by atoms with E-state index in [9.17, 15) is 9.59 Å². The number of para-hydroxylation sites is 1.